The molecular formula is C16H22FNO3S. The minimum Gasteiger partial charge on any atom is -0.598 e. The lowest BCUT2D eigenvalue weighted by Gasteiger charge is -2.35. The van der Waals surface area contributed by atoms with E-state index in [1.165, 1.54) is 13.2 Å². The van der Waals surface area contributed by atoms with Gasteiger partial charge in [0.2, 0.25) is 0 Å². The molecule has 6 heteroatoms. The van der Waals surface area contributed by atoms with Crippen LogP contribution in [0.3, 0.4) is 0 Å². The molecule has 1 aliphatic rings. The van der Waals surface area contributed by atoms with Crippen molar-refractivity contribution in [3.8, 4) is 0 Å². The summed E-state index contributed by atoms with van der Waals surface area (Å²) in [5.74, 6) is -0.827. The highest BCUT2D eigenvalue weighted by atomic mass is 32.2. The maximum Gasteiger partial charge on any atom is 0.307 e. The Hall–Kier alpha value is -1.11. The molecule has 0 bridgehead atoms. The average Bonchev–Trinajstić information content (AvgIpc) is 2.78. The van der Waals surface area contributed by atoms with Crippen molar-refractivity contribution in [1.29, 1.82) is 0 Å². The molecule has 0 unspecified atom stereocenters. The van der Waals surface area contributed by atoms with Gasteiger partial charge in [-0.1, -0.05) is 12.1 Å². The van der Waals surface area contributed by atoms with Gasteiger partial charge in [0.25, 0.3) is 0 Å². The van der Waals surface area contributed by atoms with E-state index in [1.807, 2.05) is 26.8 Å². The Morgan fingerprint density at radius 3 is 2.77 bits per heavy atom. The number of benzene rings is 1. The zero-order valence-corrected chi connectivity index (χ0v) is 14.2. The Labute approximate surface area is 133 Å². The Bertz CT molecular complexity index is 573. The van der Waals surface area contributed by atoms with Crippen LogP contribution in [0.5, 0.6) is 0 Å². The highest BCUT2D eigenvalue weighted by molar-refractivity contribution is 7.90. The van der Waals surface area contributed by atoms with Crippen LogP contribution in [0.1, 0.15) is 44.7 Å². The molecule has 1 aliphatic carbocycles. The number of hydrogen-bond donors (Lipinski definition) is 1. The number of halogens is 1. The SMILES string of the molecule is COC(=O)C[C@]1(N[S@@+]([O-])C(C)(C)C)CCc2cccc(F)c21. The van der Waals surface area contributed by atoms with Crippen LogP contribution in [0.25, 0.3) is 0 Å². The lowest BCUT2D eigenvalue weighted by molar-refractivity contribution is -0.142. The third-order valence-electron chi connectivity index (χ3n) is 3.92. The van der Waals surface area contributed by atoms with Crippen molar-refractivity contribution in [2.24, 2.45) is 0 Å². The van der Waals surface area contributed by atoms with Crippen molar-refractivity contribution in [2.45, 2.75) is 50.3 Å². The molecular weight excluding hydrogens is 305 g/mol. The standard InChI is InChI=1S/C16H22FNO3S/c1-15(2,3)22(20)18-16(10-13(19)21-4)9-8-11-6-5-7-12(17)14(11)16/h5-7,18H,8-10H2,1-4H3/t16-,22+/m1/s1. The van der Waals surface area contributed by atoms with Crippen LogP contribution in [0.2, 0.25) is 0 Å². The molecule has 0 saturated carbocycles. The molecule has 0 aliphatic heterocycles. The van der Waals surface area contributed by atoms with Crippen molar-refractivity contribution >= 4 is 17.3 Å². The van der Waals surface area contributed by atoms with Crippen LogP contribution >= 0.6 is 0 Å². The molecule has 4 nitrogen and oxygen atoms in total. The number of carbonyl (C=O) groups is 1. The van der Waals surface area contributed by atoms with Gasteiger partial charge in [-0.3, -0.25) is 4.79 Å². The number of carbonyl (C=O) groups excluding carboxylic acids is 1. The molecule has 2 rings (SSSR count). The number of ether oxygens (including phenoxy) is 1. The van der Waals surface area contributed by atoms with Gasteiger partial charge >= 0.3 is 5.97 Å². The van der Waals surface area contributed by atoms with Crippen LogP contribution in [0, 0.1) is 5.82 Å². The predicted octanol–water partition coefficient (Wildman–Crippen LogP) is 2.58. The Balaban J connectivity index is 2.44. The number of rotatable bonds is 4. The second kappa shape index (κ2) is 6.18. The molecule has 0 heterocycles. The summed E-state index contributed by atoms with van der Waals surface area (Å²) in [6.45, 7) is 5.50. The van der Waals surface area contributed by atoms with Gasteiger partial charge in [-0.05, 0) is 45.2 Å². The Kier molecular flexibility index (Phi) is 4.84. The molecule has 0 aromatic heterocycles. The number of nitrogens with one attached hydrogen (secondary N) is 1. The van der Waals surface area contributed by atoms with Crippen LogP contribution in [-0.2, 0) is 32.9 Å². The zero-order valence-electron chi connectivity index (χ0n) is 13.4. The quantitative estimate of drug-likeness (QED) is 0.682. The molecule has 1 aromatic rings. The molecule has 0 radical (unpaired) electrons. The highest BCUT2D eigenvalue weighted by Gasteiger charge is 2.48. The number of hydrogen-bond acceptors (Lipinski definition) is 4. The average molecular weight is 327 g/mol. The van der Waals surface area contributed by atoms with E-state index in [0.717, 1.165) is 5.56 Å². The minimum atomic E-state index is -1.42. The van der Waals surface area contributed by atoms with E-state index in [4.69, 9.17) is 4.74 Å². The number of esters is 1. The summed E-state index contributed by atoms with van der Waals surface area (Å²) in [5.41, 5.74) is 0.312. The fourth-order valence-corrected chi connectivity index (χ4v) is 3.69. The molecule has 0 saturated heterocycles. The zero-order chi connectivity index (χ0) is 16.5. The maximum atomic E-state index is 14.4. The van der Waals surface area contributed by atoms with E-state index in [1.54, 1.807) is 6.07 Å². The van der Waals surface area contributed by atoms with Gasteiger partial charge < -0.3 is 9.29 Å². The van der Waals surface area contributed by atoms with Crippen molar-refractivity contribution in [2.75, 3.05) is 7.11 Å². The molecule has 0 amide bonds. The van der Waals surface area contributed by atoms with Gasteiger partial charge in [0.15, 0.2) is 0 Å². The molecule has 22 heavy (non-hydrogen) atoms. The monoisotopic (exact) mass is 327 g/mol. The second-order valence-corrected chi connectivity index (χ2v) is 8.56. The molecule has 1 N–H and O–H groups in total. The van der Waals surface area contributed by atoms with E-state index in [-0.39, 0.29) is 12.2 Å². The van der Waals surface area contributed by atoms with Gasteiger partial charge in [0.05, 0.1) is 13.5 Å². The van der Waals surface area contributed by atoms with E-state index >= 15 is 0 Å². The van der Waals surface area contributed by atoms with Crippen LogP contribution in [-0.4, -0.2) is 22.4 Å². The van der Waals surface area contributed by atoms with Crippen molar-refractivity contribution in [3.63, 3.8) is 0 Å². The first-order valence-corrected chi connectivity index (χ1v) is 8.39. The van der Waals surface area contributed by atoms with Crippen molar-refractivity contribution < 1.29 is 18.5 Å². The minimum absolute atomic E-state index is 0.0424. The first kappa shape index (κ1) is 17.2. The van der Waals surface area contributed by atoms with Crippen molar-refractivity contribution in [1.82, 2.24) is 4.72 Å². The van der Waals surface area contributed by atoms with E-state index < -0.39 is 27.6 Å². The number of aryl methyl sites for hydroxylation is 1. The normalized spacial score (nSPS) is 22.3. The van der Waals surface area contributed by atoms with E-state index in [9.17, 15) is 13.7 Å². The highest BCUT2D eigenvalue weighted by Crippen LogP contribution is 2.42. The van der Waals surface area contributed by atoms with Crippen LogP contribution in [0.4, 0.5) is 4.39 Å². The summed E-state index contributed by atoms with van der Waals surface area (Å²) in [5, 5.41) is 0. The molecule has 1 aromatic carbocycles. The lowest BCUT2D eigenvalue weighted by atomic mass is 9.89. The largest absolute Gasteiger partial charge is 0.598 e. The first-order valence-electron chi connectivity index (χ1n) is 7.24. The van der Waals surface area contributed by atoms with Gasteiger partial charge in [-0.15, -0.1) is 4.72 Å². The van der Waals surface area contributed by atoms with Crippen LogP contribution in [0.15, 0.2) is 18.2 Å². The lowest BCUT2D eigenvalue weighted by Crippen LogP contribution is -2.51. The van der Waals surface area contributed by atoms with E-state index in [0.29, 0.717) is 18.4 Å². The summed E-state index contributed by atoms with van der Waals surface area (Å²) in [7, 11) is 1.30. The van der Waals surface area contributed by atoms with Gasteiger partial charge in [0.1, 0.15) is 16.1 Å². The van der Waals surface area contributed by atoms with E-state index in [2.05, 4.69) is 4.72 Å². The fourth-order valence-electron chi connectivity index (χ4n) is 2.75. The predicted molar refractivity (Wildman–Crippen MR) is 84.1 cm³/mol. The topological polar surface area (TPSA) is 61.4 Å². The second-order valence-electron chi connectivity index (χ2n) is 6.59. The Morgan fingerprint density at radius 1 is 1.50 bits per heavy atom. The number of fused-ring (bicyclic) bond motifs is 1. The van der Waals surface area contributed by atoms with Gasteiger partial charge in [0, 0.05) is 16.9 Å². The molecule has 2 atom stereocenters. The summed E-state index contributed by atoms with van der Waals surface area (Å²) in [4.78, 5) is 11.8. The molecule has 122 valence electrons. The maximum absolute atomic E-state index is 14.4. The fraction of sp³-hybridized carbons (Fsp3) is 0.562. The smallest absolute Gasteiger partial charge is 0.307 e. The third-order valence-corrected chi connectivity index (χ3v) is 5.61. The third kappa shape index (κ3) is 3.29. The summed E-state index contributed by atoms with van der Waals surface area (Å²) < 4.78 is 34.2. The molecule has 0 spiro atoms. The van der Waals surface area contributed by atoms with Crippen LogP contribution < -0.4 is 4.72 Å². The number of methoxy groups -OCH3 is 1. The Morgan fingerprint density at radius 2 is 2.18 bits per heavy atom. The van der Waals surface area contributed by atoms with Gasteiger partial charge in [-0.25, -0.2) is 4.39 Å². The summed E-state index contributed by atoms with van der Waals surface area (Å²) in [6.07, 6.45) is 1.11. The summed E-state index contributed by atoms with van der Waals surface area (Å²) >= 11 is -1.42. The summed E-state index contributed by atoms with van der Waals surface area (Å²) in [6, 6.07) is 4.88. The molecule has 0 fully saturated rings. The van der Waals surface area contributed by atoms with Crippen molar-refractivity contribution in [3.05, 3.63) is 35.1 Å². The first-order chi connectivity index (χ1) is 10.2. The van der Waals surface area contributed by atoms with Gasteiger partial charge in [-0.2, -0.15) is 0 Å².